The predicted molar refractivity (Wildman–Crippen MR) is 95.8 cm³/mol. The molecule has 1 heterocycles. The highest BCUT2D eigenvalue weighted by Crippen LogP contribution is 2.37. The van der Waals surface area contributed by atoms with Gasteiger partial charge in [-0.2, -0.15) is 5.26 Å². The number of nitriles is 1. The van der Waals surface area contributed by atoms with Crippen molar-refractivity contribution in [3.05, 3.63) is 52.5 Å². The average Bonchev–Trinajstić information content (AvgIpc) is 3.01. The number of ether oxygens (including phenoxy) is 2. The Morgan fingerprint density at radius 1 is 1.15 bits per heavy atom. The van der Waals surface area contributed by atoms with Crippen LogP contribution in [-0.2, 0) is 9.59 Å². The van der Waals surface area contributed by atoms with Crippen molar-refractivity contribution in [1.82, 2.24) is 0 Å². The van der Waals surface area contributed by atoms with Gasteiger partial charge in [0.2, 0.25) is 11.8 Å². The van der Waals surface area contributed by atoms with Crippen LogP contribution < -0.4 is 14.4 Å². The minimum absolute atomic E-state index is 0.00265. The number of methoxy groups -OCH3 is 1. The van der Waals surface area contributed by atoms with E-state index in [1.807, 2.05) is 6.07 Å². The zero-order valence-corrected chi connectivity index (χ0v) is 14.9. The molecular formula is C19H13ClN2O5. The number of hydrogen-bond acceptors (Lipinski definition) is 6. The third-order valence-electron chi connectivity index (χ3n) is 3.97. The van der Waals surface area contributed by atoms with Crippen LogP contribution in [0.3, 0.4) is 0 Å². The van der Waals surface area contributed by atoms with E-state index in [2.05, 4.69) is 0 Å². The van der Waals surface area contributed by atoms with Gasteiger partial charge < -0.3 is 9.47 Å². The number of carbonyl (C=O) groups is 3. The van der Waals surface area contributed by atoms with Gasteiger partial charge in [0, 0.05) is 18.9 Å². The maximum absolute atomic E-state index is 12.4. The van der Waals surface area contributed by atoms with Crippen molar-refractivity contribution < 1.29 is 23.9 Å². The van der Waals surface area contributed by atoms with E-state index >= 15 is 0 Å². The van der Waals surface area contributed by atoms with Crippen LogP contribution in [-0.4, -0.2) is 24.9 Å². The third-order valence-corrected chi connectivity index (χ3v) is 4.25. The third kappa shape index (κ3) is 3.61. The van der Waals surface area contributed by atoms with Crippen LogP contribution in [0.25, 0.3) is 0 Å². The fraction of sp³-hybridized carbons (Fsp3) is 0.158. The molecule has 2 aromatic rings. The van der Waals surface area contributed by atoms with Crippen LogP contribution >= 0.6 is 11.6 Å². The average molecular weight is 385 g/mol. The Balaban J connectivity index is 1.82. The number of benzene rings is 2. The second-order valence-electron chi connectivity index (χ2n) is 5.66. The normalized spacial score (nSPS) is 13.4. The lowest BCUT2D eigenvalue weighted by Gasteiger charge is -2.14. The summed E-state index contributed by atoms with van der Waals surface area (Å²) in [6, 6.07) is 10.6. The lowest BCUT2D eigenvalue weighted by atomic mass is 10.2. The second-order valence-corrected chi connectivity index (χ2v) is 6.07. The Hall–Kier alpha value is -3.37. The predicted octanol–water partition coefficient (Wildman–Crippen LogP) is 3.09. The molecule has 1 aliphatic heterocycles. The Morgan fingerprint density at radius 3 is 2.33 bits per heavy atom. The summed E-state index contributed by atoms with van der Waals surface area (Å²) in [5, 5.41) is 9.02. The van der Waals surface area contributed by atoms with Gasteiger partial charge in [-0.1, -0.05) is 11.6 Å². The first-order chi connectivity index (χ1) is 12.9. The van der Waals surface area contributed by atoms with E-state index in [0.29, 0.717) is 5.69 Å². The van der Waals surface area contributed by atoms with Gasteiger partial charge in [0.25, 0.3) is 0 Å². The molecule has 0 spiro atoms. The minimum Gasteiger partial charge on any atom is -0.493 e. The summed E-state index contributed by atoms with van der Waals surface area (Å²) in [7, 11) is 1.36. The standard InChI is InChI=1S/C19H13ClN2O5/c1-26-15-9-11(10-21)8-14(20)18(15)27-19(25)12-2-4-13(5-3-12)22-16(23)6-7-17(22)24/h2-5,8-9H,6-7H2,1H3. The fourth-order valence-electron chi connectivity index (χ4n) is 2.65. The van der Waals surface area contributed by atoms with Crippen LogP contribution in [0.5, 0.6) is 11.5 Å². The molecule has 1 fully saturated rings. The first-order valence-corrected chi connectivity index (χ1v) is 8.28. The molecule has 0 atom stereocenters. The quantitative estimate of drug-likeness (QED) is 0.456. The monoisotopic (exact) mass is 384 g/mol. The molecule has 1 saturated heterocycles. The van der Waals surface area contributed by atoms with Crippen molar-refractivity contribution in [1.29, 1.82) is 5.26 Å². The molecular weight excluding hydrogens is 372 g/mol. The van der Waals surface area contributed by atoms with Gasteiger partial charge in [-0.3, -0.25) is 14.5 Å². The number of nitrogens with zero attached hydrogens (tertiary/aromatic N) is 2. The smallest absolute Gasteiger partial charge is 0.343 e. The zero-order chi connectivity index (χ0) is 19.6. The summed E-state index contributed by atoms with van der Waals surface area (Å²) in [6.45, 7) is 0. The molecule has 0 N–H and O–H groups in total. The first kappa shape index (κ1) is 18.4. The molecule has 0 aliphatic carbocycles. The second kappa shape index (κ2) is 7.48. The molecule has 136 valence electrons. The minimum atomic E-state index is -0.703. The molecule has 8 heteroatoms. The van der Waals surface area contributed by atoms with Crippen molar-refractivity contribution >= 4 is 35.1 Å². The van der Waals surface area contributed by atoms with Gasteiger partial charge >= 0.3 is 5.97 Å². The summed E-state index contributed by atoms with van der Waals surface area (Å²) < 4.78 is 10.4. The van der Waals surface area contributed by atoms with E-state index in [9.17, 15) is 14.4 Å². The van der Waals surface area contributed by atoms with Gasteiger partial charge in [0.15, 0.2) is 11.5 Å². The van der Waals surface area contributed by atoms with E-state index in [0.717, 1.165) is 4.90 Å². The van der Waals surface area contributed by atoms with Gasteiger partial charge in [-0.05, 0) is 30.3 Å². The summed E-state index contributed by atoms with van der Waals surface area (Å²) in [5.41, 5.74) is 0.856. The van der Waals surface area contributed by atoms with Crippen LogP contribution in [0.2, 0.25) is 5.02 Å². The zero-order valence-electron chi connectivity index (χ0n) is 14.2. The number of hydrogen-bond donors (Lipinski definition) is 0. The van der Waals surface area contributed by atoms with E-state index in [-0.39, 0.29) is 52.3 Å². The van der Waals surface area contributed by atoms with E-state index in [1.54, 1.807) is 0 Å². The lowest BCUT2D eigenvalue weighted by molar-refractivity contribution is -0.121. The van der Waals surface area contributed by atoms with E-state index < -0.39 is 5.97 Å². The lowest BCUT2D eigenvalue weighted by Crippen LogP contribution is -2.28. The Kier molecular flexibility index (Phi) is 5.10. The summed E-state index contributed by atoms with van der Waals surface area (Å²) in [6.07, 6.45) is 0.360. The van der Waals surface area contributed by atoms with Gasteiger partial charge in [0.1, 0.15) is 0 Å². The van der Waals surface area contributed by atoms with Crippen molar-refractivity contribution in [2.45, 2.75) is 12.8 Å². The maximum Gasteiger partial charge on any atom is 0.343 e. The van der Waals surface area contributed by atoms with Crippen LogP contribution in [0.1, 0.15) is 28.8 Å². The molecule has 0 saturated carbocycles. The largest absolute Gasteiger partial charge is 0.493 e. The molecule has 7 nitrogen and oxygen atoms in total. The van der Waals surface area contributed by atoms with Crippen LogP contribution in [0.15, 0.2) is 36.4 Å². The van der Waals surface area contributed by atoms with Crippen molar-refractivity contribution in [3.8, 4) is 17.6 Å². The Morgan fingerprint density at radius 2 is 1.78 bits per heavy atom. The molecule has 0 radical (unpaired) electrons. The van der Waals surface area contributed by atoms with E-state index in [1.165, 1.54) is 43.5 Å². The Labute approximate surface area is 159 Å². The highest BCUT2D eigenvalue weighted by Gasteiger charge is 2.30. The maximum atomic E-state index is 12.4. The summed E-state index contributed by atoms with van der Waals surface area (Å²) >= 11 is 6.08. The van der Waals surface area contributed by atoms with Crippen LogP contribution in [0, 0.1) is 11.3 Å². The SMILES string of the molecule is COc1cc(C#N)cc(Cl)c1OC(=O)c1ccc(N2C(=O)CCC2=O)cc1. The fourth-order valence-corrected chi connectivity index (χ4v) is 2.90. The van der Waals surface area contributed by atoms with Crippen molar-refractivity contribution in [2.75, 3.05) is 12.0 Å². The number of rotatable bonds is 4. The van der Waals surface area contributed by atoms with E-state index in [4.69, 9.17) is 26.3 Å². The van der Waals surface area contributed by atoms with Gasteiger partial charge in [0.05, 0.1) is 35.0 Å². The summed E-state index contributed by atoms with van der Waals surface area (Å²) in [5.74, 6) is -1.10. The molecule has 3 rings (SSSR count). The molecule has 1 aliphatic rings. The number of carbonyl (C=O) groups excluding carboxylic acids is 3. The number of amides is 2. The highest BCUT2D eigenvalue weighted by molar-refractivity contribution is 6.32. The first-order valence-electron chi connectivity index (χ1n) is 7.90. The molecule has 2 amide bonds. The van der Waals surface area contributed by atoms with Crippen LogP contribution in [0.4, 0.5) is 5.69 Å². The number of imide groups is 1. The topological polar surface area (TPSA) is 96.7 Å². The molecule has 2 aromatic carbocycles. The number of halogens is 1. The number of esters is 1. The number of anilines is 1. The van der Waals surface area contributed by atoms with Crippen molar-refractivity contribution in [3.63, 3.8) is 0 Å². The van der Waals surface area contributed by atoms with Gasteiger partial charge in [-0.15, -0.1) is 0 Å². The Bertz CT molecular complexity index is 963. The molecule has 0 aromatic heterocycles. The summed E-state index contributed by atoms with van der Waals surface area (Å²) in [4.78, 5) is 37.0. The van der Waals surface area contributed by atoms with Crippen molar-refractivity contribution in [2.24, 2.45) is 0 Å². The highest BCUT2D eigenvalue weighted by atomic mass is 35.5. The van der Waals surface area contributed by atoms with Gasteiger partial charge in [-0.25, -0.2) is 4.79 Å². The molecule has 0 bridgehead atoms. The molecule has 0 unspecified atom stereocenters. The molecule has 27 heavy (non-hydrogen) atoms.